The monoisotopic (exact) mass is 324 g/mol. The van der Waals surface area contributed by atoms with Gasteiger partial charge in [-0.05, 0) is 28.7 Å². The van der Waals surface area contributed by atoms with Gasteiger partial charge in [-0.3, -0.25) is 5.10 Å². The number of H-pyrrole nitrogens is 1. The molecule has 0 saturated heterocycles. The number of aromatic amines is 1. The third-order valence-electron chi connectivity index (χ3n) is 4.04. The Morgan fingerprint density at radius 1 is 1.00 bits per heavy atom. The maximum absolute atomic E-state index is 13.0. The van der Waals surface area contributed by atoms with E-state index in [1.54, 1.807) is 12.1 Å². The maximum Gasteiger partial charge on any atom is 0.181 e. The van der Waals surface area contributed by atoms with Gasteiger partial charge in [0.05, 0.1) is 6.04 Å². The molecular formula is C19H21FN4. The first-order valence-electron chi connectivity index (χ1n) is 7.89. The second-order valence-corrected chi connectivity index (χ2v) is 6.90. The van der Waals surface area contributed by atoms with Gasteiger partial charge >= 0.3 is 0 Å². The summed E-state index contributed by atoms with van der Waals surface area (Å²) >= 11 is 0. The molecule has 3 aromatic rings. The molecule has 0 aliphatic heterocycles. The van der Waals surface area contributed by atoms with E-state index in [0.717, 1.165) is 11.1 Å². The van der Waals surface area contributed by atoms with E-state index in [1.165, 1.54) is 17.7 Å². The van der Waals surface area contributed by atoms with E-state index in [1.807, 2.05) is 12.1 Å². The molecule has 1 aromatic heterocycles. The molecule has 3 N–H and O–H groups in total. The molecular weight excluding hydrogens is 303 g/mol. The topological polar surface area (TPSA) is 67.6 Å². The Hall–Kier alpha value is -2.53. The van der Waals surface area contributed by atoms with E-state index >= 15 is 0 Å². The number of benzene rings is 2. The predicted molar refractivity (Wildman–Crippen MR) is 92.9 cm³/mol. The molecule has 0 unspecified atom stereocenters. The van der Waals surface area contributed by atoms with Gasteiger partial charge in [0.25, 0.3) is 0 Å². The van der Waals surface area contributed by atoms with Crippen molar-refractivity contribution in [2.75, 3.05) is 0 Å². The third kappa shape index (κ3) is 3.36. The third-order valence-corrected chi connectivity index (χ3v) is 4.04. The molecule has 5 heteroatoms. The van der Waals surface area contributed by atoms with Crippen molar-refractivity contribution in [3.8, 4) is 11.4 Å². The highest BCUT2D eigenvalue weighted by Crippen LogP contribution is 2.25. The van der Waals surface area contributed by atoms with Crippen LogP contribution in [0.25, 0.3) is 11.4 Å². The molecule has 1 heterocycles. The summed E-state index contributed by atoms with van der Waals surface area (Å²) in [5, 5.41) is 7.13. The standard InChI is InChI=1S/C19H21FN4/c1-19(2,3)14-8-4-13(5-9-14)17-22-18(24-23-17)16(21)12-6-10-15(20)11-7-12/h4-11,16H,21H2,1-3H3,(H,22,23,24)/t16-/m1/s1. The second kappa shape index (κ2) is 6.17. The zero-order valence-corrected chi connectivity index (χ0v) is 14.0. The second-order valence-electron chi connectivity index (χ2n) is 6.90. The Labute approximate surface area is 140 Å². The molecule has 0 aliphatic rings. The largest absolute Gasteiger partial charge is 0.318 e. The van der Waals surface area contributed by atoms with Gasteiger partial charge in [0.2, 0.25) is 0 Å². The summed E-state index contributed by atoms with van der Waals surface area (Å²) in [5.41, 5.74) is 9.25. The Kier molecular flexibility index (Phi) is 4.20. The summed E-state index contributed by atoms with van der Waals surface area (Å²) in [6, 6.07) is 13.8. The van der Waals surface area contributed by atoms with E-state index in [0.29, 0.717) is 11.6 Å². The van der Waals surface area contributed by atoms with E-state index in [4.69, 9.17) is 5.73 Å². The van der Waals surface area contributed by atoms with Crippen molar-refractivity contribution in [2.24, 2.45) is 5.73 Å². The van der Waals surface area contributed by atoms with Crippen LogP contribution in [0.1, 0.15) is 43.8 Å². The molecule has 2 aromatic carbocycles. The number of halogens is 1. The van der Waals surface area contributed by atoms with Gasteiger partial charge in [-0.1, -0.05) is 57.2 Å². The number of hydrogen-bond acceptors (Lipinski definition) is 3. The van der Waals surface area contributed by atoms with Gasteiger partial charge in [-0.15, -0.1) is 0 Å². The van der Waals surface area contributed by atoms with Crippen LogP contribution < -0.4 is 5.73 Å². The molecule has 0 spiro atoms. The van der Waals surface area contributed by atoms with E-state index in [9.17, 15) is 4.39 Å². The van der Waals surface area contributed by atoms with Crippen molar-refractivity contribution < 1.29 is 4.39 Å². The SMILES string of the molecule is CC(C)(C)c1ccc(-c2n[nH]c([C@H](N)c3ccc(F)cc3)n2)cc1. The van der Waals surface area contributed by atoms with Crippen LogP contribution in [0.3, 0.4) is 0 Å². The summed E-state index contributed by atoms with van der Waals surface area (Å²) in [4.78, 5) is 4.49. The van der Waals surface area contributed by atoms with Crippen LogP contribution in [0.15, 0.2) is 48.5 Å². The van der Waals surface area contributed by atoms with Gasteiger partial charge in [0.1, 0.15) is 11.6 Å². The van der Waals surface area contributed by atoms with Gasteiger partial charge in [0, 0.05) is 5.56 Å². The first kappa shape index (κ1) is 16.3. The lowest BCUT2D eigenvalue weighted by Crippen LogP contribution is -2.13. The number of nitrogens with one attached hydrogen (secondary N) is 1. The predicted octanol–water partition coefficient (Wildman–Crippen LogP) is 3.96. The van der Waals surface area contributed by atoms with Crippen LogP contribution in [0, 0.1) is 5.82 Å². The van der Waals surface area contributed by atoms with Crippen molar-refractivity contribution in [1.29, 1.82) is 0 Å². The van der Waals surface area contributed by atoms with Crippen molar-refractivity contribution in [3.63, 3.8) is 0 Å². The van der Waals surface area contributed by atoms with Crippen molar-refractivity contribution in [2.45, 2.75) is 32.2 Å². The fourth-order valence-electron chi connectivity index (χ4n) is 2.49. The first-order chi connectivity index (χ1) is 11.3. The molecule has 124 valence electrons. The summed E-state index contributed by atoms with van der Waals surface area (Å²) in [6.07, 6.45) is 0. The van der Waals surface area contributed by atoms with E-state index in [-0.39, 0.29) is 11.2 Å². The fourth-order valence-corrected chi connectivity index (χ4v) is 2.49. The Morgan fingerprint density at radius 2 is 1.62 bits per heavy atom. The lowest BCUT2D eigenvalue weighted by atomic mass is 9.87. The van der Waals surface area contributed by atoms with Gasteiger partial charge in [0.15, 0.2) is 5.82 Å². The van der Waals surface area contributed by atoms with Gasteiger partial charge < -0.3 is 5.73 Å². The zero-order chi connectivity index (χ0) is 17.3. The minimum atomic E-state index is -0.472. The number of nitrogens with zero attached hydrogens (tertiary/aromatic N) is 2. The zero-order valence-electron chi connectivity index (χ0n) is 14.0. The molecule has 0 aliphatic carbocycles. The summed E-state index contributed by atoms with van der Waals surface area (Å²) in [6.45, 7) is 6.53. The van der Waals surface area contributed by atoms with Crippen LogP contribution in [0.2, 0.25) is 0 Å². The number of nitrogens with two attached hydrogens (primary N) is 1. The van der Waals surface area contributed by atoms with Crippen LogP contribution in [-0.4, -0.2) is 15.2 Å². The summed E-state index contributed by atoms with van der Waals surface area (Å²) < 4.78 is 13.0. The van der Waals surface area contributed by atoms with Crippen LogP contribution in [-0.2, 0) is 5.41 Å². The van der Waals surface area contributed by atoms with Crippen molar-refractivity contribution in [1.82, 2.24) is 15.2 Å². The Morgan fingerprint density at radius 3 is 2.21 bits per heavy atom. The quantitative estimate of drug-likeness (QED) is 0.766. The molecule has 24 heavy (non-hydrogen) atoms. The molecule has 0 amide bonds. The average molecular weight is 324 g/mol. The van der Waals surface area contributed by atoms with E-state index in [2.05, 4.69) is 48.1 Å². The molecule has 3 rings (SSSR count). The Bertz CT molecular complexity index is 814. The smallest absolute Gasteiger partial charge is 0.181 e. The maximum atomic E-state index is 13.0. The average Bonchev–Trinajstić information content (AvgIpc) is 3.04. The molecule has 1 atom stereocenters. The van der Waals surface area contributed by atoms with Gasteiger partial charge in [-0.2, -0.15) is 5.10 Å². The van der Waals surface area contributed by atoms with Crippen LogP contribution in [0.5, 0.6) is 0 Å². The minimum Gasteiger partial charge on any atom is -0.318 e. The minimum absolute atomic E-state index is 0.105. The highest BCUT2D eigenvalue weighted by Gasteiger charge is 2.16. The molecule has 0 radical (unpaired) electrons. The van der Waals surface area contributed by atoms with Crippen molar-refractivity contribution >= 4 is 0 Å². The van der Waals surface area contributed by atoms with Crippen LogP contribution >= 0.6 is 0 Å². The lowest BCUT2D eigenvalue weighted by Gasteiger charge is -2.18. The number of aromatic nitrogens is 3. The van der Waals surface area contributed by atoms with Crippen molar-refractivity contribution in [3.05, 3.63) is 71.3 Å². The fraction of sp³-hybridized carbons (Fsp3) is 0.263. The normalized spacial score (nSPS) is 13.0. The lowest BCUT2D eigenvalue weighted by molar-refractivity contribution is 0.590. The Balaban J connectivity index is 1.83. The highest BCUT2D eigenvalue weighted by molar-refractivity contribution is 5.55. The van der Waals surface area contributed by atoms with Gasteiger partial charge in [-0.25, -0.2) is 9.37 Å². The van der Waals surface area contributed by atoms with E-state index < -0.39 is 6.04 Å². The first-order valence-corrected chi connectivity index (χ1v) is 7.89. The molecule has 0 saturated carbocycles. The molecule has 0 fully saturated rings. The molecule has 4 nitrogen and oxygen atoms in total. The number of rotatable bonds is 3. The summed E-state index contributed by atoms with van der Waals surface area (Å²) in [7, 11) is 0. The summed E-state index contributed by atoms with van der Waals surface area (Å²) in [5.74, 6) is 0.864. The number of hydrogen-bond donors (Lipinski definition) is 2. The molecule has 0 bridgehead atoms. The van der Waals surface area contributed by atoms with Crippen LogP contribution in [0.4, 0.5) is 4.39 Å². The highest BCUT2D eigenvalue weighted by atomic mass is 19.1.